The highest BCUT2D eigenvalue weighted by atomic mass is 31.1. The summed E-state index contributed by atoms with van der Waals surface area (Å²) in [4.78, 5) is 0. The minimum absolute atomic E-state index is 0.222. The van der Waals surface area contributed by atoms with E-state index in [1.54, 1.807) is 0 Å². The van der Waals surface area contributed by atoms with E-state index in [0.29, 0.717) is 0 Å². The molecule has 0 aliphatic heterocycles. The molecular weight excluding hydrogens is 263 g/mol. The van der Waals surface area contributed by atoms with Crippen molar-refractivity contribution < 1.29 is 4.52 Å². The number of rotatable bonds is 4. The van der Waals surface area contributed by atoms with Crippen LogP contribution in [0.25, 0.3) is 0 Å². The lowest BCUT2D eigenvalue weighted by atomic mass is 10.00. The van der Waals surface area contributed by atoms with Crippen LogP contribution in [0.15, 0.2) is 24.0 Å². The molecule has 0 bridgehead atoms. The molecule has 20 heavy (non-hydrogen) atoms. The lowest BCUT2D eigenvalue weighted by Crippen LogP contribution is -2.21. The molecule has 0 saturated heterocycles. The Hall–Kier alpha value is -0.290. The molecule has 0 aromatic rings. The fraction of sp³-hybridized carbons (Fsp3) is 0.778. The second-order valence-corrected chi connectivity index (χ2v) is 9.00. The number of allylic oxidation sites excluding steroid dienone is 4. The standard InChI is InChI=1S/C18H29OP/c1-4-10-16(11-5-1)19-20(17-12-6-2-7-13-17)18-14-8-3-9-15-18/h1,4,10,17-18H,2-3,5-9,11-15H2. The molecule has 2 fully saturated rings. The average Bonchev–Trinajstić information content (AvgIpc) is 2.55. The molecule has 2 saturated carbocycles. The number of hydrogen-bond acceptors (Lipinski definition) is 1. The second-order valence-electron chi connectivity index (χ2n) is 6.63. The molecule has 112 valence electrons. The van der Waals surface area contributed by atoms with Gasteiger partial charge in [0.1, 0.15) is 5.76 Å². The summed E-state index contributed by atoms with van der Waals surface area (Å²) in [6.07, 6.45) is 23.4. The van der Waals surface area contributed by atoms with Crippen LogP contribution in [-0.2, 0) is 4.52 Å². The zero-order valence-electron chi connectivity index (χ0n) is 12.7. The van der Waals surface area contributed by atoms with Crippen molar-refractivity contribution in [2.24, 2.45) is 0 Å². The third kappa shape index (κ3) is 3.88. The maximum absolute atomic E-state index is 6.65. The van der Waals surface area contributed by atoms with Gasteiger partial charge in [-0.2, -0.15) is 0 Å². The number of hydrogen-bond donors (Lipinski definition) is 0. The Morgan fingerprint density at radius 3 is 1.95 bits per heavy atom. The Kier molecular flexibility index (Phi) is 5.59. The summed E-state index contributed by atoms with van der Waals surface area (Å²) in [7, 11) is -0.222. The maximum atomic E-state index is 6.65. The van der Waals surface area contributed by atoms with Crippen LogP contribution in [0, 0.1) is 0 Å². The van der Waals surface area contributed by atoms with Gasteiger partial charge in [-0.25, -0.2) is 0 Å². The summed E-state index contributed by atoms with van der Waals surface area (Å²) in [5.41, 5.74) is 1.79. The first-order valence-electron chi connectivity index (χ1n) is 8.75. The van der Waals surface area contributed by atoms with Crippen LogP contribution in [0.5, 0.6) is 0 Å². The predicted octanol–water partition coefficient (Wildman–Crippen LogP) is 6.30. The molecule has 0 radical (unpaired) electrons. The van der Waals surface area contributed by atoms with Crippen molar-refractivity contribution in [3.8, 4) is 0 Å². The maximum Gasteiger partial charge on any atom is 0.100 e. The third-order valence-electron chi connectivity index (χ3n) is 5.07. The van der Waals surface area contributed by atoms with Crippen LogP contribution in [-0.4, -0.2) is 11.3 Å². The predicted molar refractivity (Wildman–Crippen MR) is 88.2 cm³/mol. The average molecular weight is 292 g/mol. The van der Waals surface area contributed by atoms with Crippen LogP contribution < -0.4 is 0 Å². The first-order valence-corrected chi connectivity index (χ1v) is 10.2. The van der Waals surface area contributed by atoms with Gasteiger partial charge in [0.05, 0.1) is 8.15 Å². The van der Waals surface area contributed by atoms with E-state index in [2.05, 4.69) is 18.2 Å². The van der Waals surface area contributed by atoms with Crippen LogP contribution in [0.2, 0.25) is 0 Å². The fourth-order valence-electron chi connectivity index (χ4n) is 3.91. The molecule has 1 nitrogen and oxygen atoms in total. The molecule has 2 heteroatoms. The SMILES string of the molecule is C1=CCCC(OP(C2CCCCC2)C2CCCCC2)=C1. The van der Waals surface area contributed by atoms with Crippen molar-refractivity contribution in [1.82, 2.24) is 0 Å². The van der Waals surface area contributed by atoms with E-state index < -0.39 is 0 Å². The quantitative estimate of drug-likeness (QED) is 0.552. The van der Waals surface area contributed by atoms with Gasteiger partial charge >= 0.3 is 0 Å². The molecule has 3 aliphatic rings. The van der Waals surface area contributed by atoms with E-state index in [1.165, 1.54) is 76.4 Å². The molecule has 0 amide bonds. The van der Waals surface area contributed by atoms with Crippen molar-refractivity contribution in [2.45, 2.75) is 88.4 Å². The topological polar surface area (TPSA) is 9.23 Å². The van der Waals surface area contributed by atoms with Gasteiger partial charge in [0.15, 0.2) is 0 Å². The van der Waals surface area contributed by atoms with E-state index in [-0.39, 0.29) is 8.15 Å². The van der Waals surface area contributed by atoms with Crippen molar-refractivity contribution in [3.63, 3.8) is 0 Å². The Morgan fingerprint density at radius 1 is 0.850 bits per heavy atom. The monoisotopic (exact) mass is 292 g/mol. The van der Waals surface area contributed by atoms with Crippen molar-refractivity contribution in [3.05, 3.63) is 24.0 Å². The zero-order valence-corrected chi connectivity index (χ0v) is 13.6. The minimum Gasteiger partial charge on any atom is -0.478 e. The van der Waals surface area contributed by atoms with Gasteiger partial charge in [0.25, 0.3) is 0 Å². The van der Waals surface area contributed by atoms with Crippen LogP contribution >= 0.6 is 8.15 Å². The van der Waals surface area contributed by atoms with E-state index >= 15 is 0 Å². The lowest BCUT2D eigenvalue weighted by Gasteiger charge is -2.38. The van der Waals surface area contributed by atoms with Crippen molar-refractivity contribution in [2.75, 3.05) is 0 Å². The molecule has 0 spiro atoms. The normalized spacial score (nSPS) is 25.8. The Bertz CT molecular complexity index is 330. The van der Waals surface area contributed by atoms with E-state index in [0.717, 1.165) is 17.7 Å². The molecule has 0 aromatic heterocycles. The minimum atomic E-state index is -0.222. The van der Waals surface area contributed by atoms with E-state index in [1.807, 2.05) is 0 Å². The molecule has 3 aliphatic carbocycles. The summed E-state index contributed by atoms with van der Waals surface area (Å²) in [5.74, 6) is 1.29. The Labute approximate surface area is 125 Å². The Morgan fingerprint density at radius 2 is 1.45 bits per heavy atom. The first kappa shape index (κ1) is 14.6. The van der Waals surface area contributed by atoms with Crippen LogP contribution in [0.4, 0.5) is 0 Å². The van der Waals surface area contributed by atoms with Gasteiger partial charge in [-0.1, -0.05) is 50.7 Å². The van der Waals surface area contributed by atoms with Crippen LogP contribution in [0.1, 0.15) is 77.0 Å². The molecule has 0 atom stereocenters. The molecule has 0 N–H and O–H groups in total. The molecular formula is C18H29OP. The molecule has 0 heterocycles. The third-order valence-corrected chi connectivity index (χ3v) is 7.99. The highest BCUT2D eigenvalue weighted by Crippen LogP contribution is 2.58. The van der Waals surface area contributed by atoms with E-state index in [9.17, 15) is 0 Å². The molecule has 0 unspecified atom stereocenters. The van der Waals surface area contributed by atoms with Gasteiger partial charge < -0.3 is 4.52 Å². The first-order chi connectivity index (χ1) is 9.93. The van der Waals surface area contributed by atoms with Crippen molar-refractivity contribution >= 4 is 8.15 Å². The zero-order chi connectivity index (χ0) is 13.6. The van der Waals surface area contributed by atoms with E-state index in [4.69, 9.17) is 4.52 Å². The summed E-state index contributed by atoms with van der Waals surface area (Å²) in [5, 5.41) is 0. The van der Waals surface area contributed by atoms with Gasteiger partial charge in [-0.15, -0.1) is 0 Å². The molecule has 3 rings (SSSR count). The lowest BCUT2D eigenvalue weighted by molar-refractivity contribution is 0.390. The second kappa shape index (κ2) is 7.64. The smallest absolute Gasteiger partial charge is 0.100 e. The summed E-state index contributed by atoms with van der Waals surface area (Å²) in [6, 6.07) is 0. The van der Waals surface area contributed by atoms with Gasteiger partial charge in [0, 0.05) is 17.7 Å². The summed E-state index contributed by atoms with van der Waals surface area (Å²) < 4.78 is 6.65. The Balaban J connectivity index is 1.67. The van der Waals surface area contributed by atoms with Gasteiger partial charge in [0.2, 0.25) is 0 Å². The highest BCUT2D eigenvalue weighted by Gasteiger charge is 2.34. The largest absolute Gasteiger partial charge is 0.478 e. The summed E-state index contributed by atoms with van der Waals surface area (Å²) >= 11 is 0. The highest BCUT2D eigenvalue weighted by molar-refractivity contribution is 7.54. The summed E-state index contributed by atoms with van der Waals surface area (Å²) in [6.45, 7) is 0. The molecule has 0 aromatic carbocycles. The van der Waals surface area contributed by atoms with Crippen molar-refractivity contribution in [1.29, 1.82) is 0 Å². The van der Waals surface area contributed by atoms with Gasteiger partial charge in [-0.3, -0.25) is 0 Å². The van der Waals surface area contributed by atoms with Gasteiger partial charge in [-0.05, 0) is 38.2 Å². The fourth-order valence-corrected chi connectivity index (χ4v) is 6.98. The van der Waals surface area contributed by atoms with Crippen LogP contribution in [0.3, 0.4) is 0 Å².